The zero-order chi connectivity index (χ0) is 22.6. The van der Waals surface area contributed by atoms with E-state index in [9.17, 15) is 0 Å². The average Bonchev–Trinajstić information content (AvgIpc) is 3.27. The molecule has 0 spiro atoms. The summed E-state index contributed by atoms with van der Waals surface area (Å²) in [6.45, 7) is 4.18. The van der Waals surface area contributed by atoms with Gasteiger partial charge in [-0.2, -0.15) is 0 Å². The van der Waals surface area contributed by atoms with Crippen molar-refractivity contribution in [1.82, 2.24) is 9.55 Å². The van der Waals surface area contributed by atoms with Crippen molar-refractivity contribution in [3.63, 3.8) is 0 Å². The lowest BCUT2D eigenvalue weighted by Crippen LogP contribution is -2.30. The summed E-state index contributed by atoms with van der Waals surface area (Å²) in [4.78, 5) is 8.01. The van der Waals surface area contributed by atoms with Gasteiger partial charge in [0.25, 0.3) is 0 Å². The van der Waals surface area contributed by atoms with Crippen molar-refractivity contribution in [1.29, 1.82) is 0 Å². The highest BCUT2D eigenvalue weighted by Gasteiger charge is 2.26. The molecule has 0 saturated carbocycles. The first kappa shape index (κ1) is 20.0. The summed E-state index contributed by atoms with van der Waals surface area (Å²) in [5.41, 5.74) is 4.91. The van der Waals surface area contributed by atoms with Crippen LogP contribution in [-0.2, 0) is 7.05 Å². The molecule has 0 amide bonds. The molecular weight excluding hydrogens is 418 g/mol. The van der Waals surface area contributed by atoms with E-state index in [0.29, 0.717) is 0 Å². The molecule has 0 aliphatic carbocycles. The van der Waals surface area contributed by atoms with Crippen LogP contribution in [0.2, 0.25) is 0 Å². The van der Waals surface area contributed by atoms with Crippen molar-refractivity contribution in [2.75, 3.05) is 41.7 Å². The molecule has 2 aliphatic rings. The van der Waals surface area contributed by atoms with Gasteiger partial charge in [0, 0.05) is 66.5 Å². The molecule has 0 radical (unpaired) electrons. The van der Waals surface area contributed by atoms with E-state index >= 15 is 0 Å². The third kappa shape index (κ3) is 2.89. The van der Waals surface area contributed by atoms with Crippen LogP contribution in [-0.4, -0.2) is 35.7 Å². The number of rotatable bonds is 0. The number of hydrogen-bond donors (Lipinski definition) is 2. The number of aromatic nitrogens is 2. The van der Waals surface area contributed by atoms with Crippen molar-refractivity contribution < 1.29 is 0 Å². The molecule has 4 heterocycles. The molecule has 0 fully saturated rings. The molecule has 3 aromatic carbocycles. The van der Waals surface area contributed by atoms with E-state index in [1.54, 1.807) is 0 Å². The van der Waals surface area contributed by atoms with Crippen LogP contribution in [0.1, 0.15) is 32.1 Å². The monoisotopic (exact) mass is 449 g/mol. The summed E-state index contributed by atoms with van der Waals surface area (Å²) in [5, 5.41) is 15.4. The summed E-state index contributed by atoms with van der Waals surface area (Å²) in [6.07, 6.45) is 8.28. The van der Waals surface area contributed by atoms with Crippen LogP contribution in [0.25, 0.3) is 43.4 Å². The molecule has 0 bridgehead atoms. The third-order valence-electron chi connectivity index (χ3n) is 7.83. The summed E-state index contributed by atoms with van der Waals surface area (Å²) in [5.74, 6) is 1.04. The lowest BCUT2D eigenvalue weighted by molar-refractivity contribution is 0.642. The summed E-state index contributed by atoms with van der Waals surface area (Å²) < 4.78 is 2.23. The smallest absolute Gasteiger partial charge is 0.152 e. The fraction of sp³-hybridized carbons (Fsp3) is 0.345. The first-order chi connectivity index (χ1) is 16.8. The second kappa shape index (κ2) is 7.79. The van der Waals surface area contributed by atoms with Crippen molar-refractivity contribution in [3.05, 3.63) is 48.7 Å². The molecule has 0 atom stereocenters. The molecule has 5 heteroatoms. The maximum absolute atomic E-state index is 5.41. The van der Waals surface area contributed by atoms with Crippen molar-refractivity contribution in [2.45, 2.75) is 32.1 Å². The van der Waals surface area contributed by atoms with E-state index < -0.39 is 0 Å². The number of benzene rings is 3. The van der Waals surface area contributed by atoms with Crippen LogP contribution in [0.5, 0.6) is 0 Å². The van der Waals surface area contributed by atoms with Gasteiger partial charge in [-0.05, 0) is 55.0 Å². The third-order valence-corrected chi connectivity index (χ3v) is 7.83. The van der Waals surface area contributed by atoms with Gasteiger partial charge in [0.2, 0.25) is 0 Å². The van der Waals surface area contributed by atoms with Gasteiger partial charge in [0.05, 0.1) is 11.2 Å². The van der Waals surface area contributed by atoms with Gasteiger partial charge in [-0.15, -0.1) is 0 Å². The van der Waals surface area contributed by atoms with Crippen LogP contribution >= 0.6 is 0 Å². The SMILES string of the molecule is Cn1ccc2c3c(ccc21)c1ccccc1c1nc2c4c(c13)NCCCCCN4CCCCN2. The molecule has 5 nitrogen and oxygen atoms in total. The molecule has 0 unspecified atom stereocenters. The van der Waals surface area contributed by atoms with Gasteiger partial charge in [-0.3, -0.25) is 0 Å². The van der Waals surface area contributed by atoms with Crippen LogP contribution in [0.3, 0.4) is 0 Å². The van der Waals surface area contributed by atoms with Crippen LogP contribution in [0.15, 0.2) is 48.7 Å². The molecule has 2 N–H and O–H groups in total. The first-order valence-electron chi connectivity index (χ1n) is 12.8. The van der Waals surface area contributed by atoms with E-state index in [4.69, 9.17) is 4.98 Å². The molecule has 34 heavy (non-hydrogen) atoms. The van der Waals surface area contributed by atoms with E-state index in [2.05, 4.69) is 75.8 Å². The lowest BCUT2D eigenvalue weighted by Gasteiger charge is -2.32. The zero-order valence-electron chi connectivity index (χ0n) is 19.8. The fourth-order valence-electron chi connectivity index (χ4n) is 6.17. The predicted octanol–water partition coefficient (Wildman–Crippen LogP) is 6.64. The van der Waals surface area contributed by atoms with E-state index in [1.807, 2.05) is 0 Å². The Bertz CT molecular complexity index is 1560. The van der Waals surface area contributed by atoms with Crippen molar-refractivity contribution in [2.24, 2.45) is 7.05 Å². The van der Waals surface area contributed by atoms with Crippen molar-refractivity contribution in [3.8, 4) is 0 Å². The number of fused-ring (bicyclic) bond motifs is 9. The Labute approximate surface area is 199 Å². The van der Waals surface area contributed by atoms with Gasteiger partial charge >= 0.3 is 0 Å². The number of nitrogens with one attached hydrogen (secondary N) is 2. The summed E-state index contributed by atoms with van der Waals surface area (Å²) in [6, 6.07) is 15.7. The number of anilines is 3. The van der Waals surface area contributed by atoms with Gasteiger partial charge in [0.1, 0.15) is 5.69 Å². The highest BCUT2D eigenvalue weighted by Crippen LogP contribution is 2.47. The second-order valence-electron chi connectivity index (χ2n) is 9.91. The Kier molecular flexibility index (Phi) is 4.57. The Morgan fingerprint density at radius 2 is 1.53 bits per heavy atom. The molecule has 2 aromatic heterocycles. The Balaban J connectivity index is 1.73. The fourth-order valence-corrected chi connectivity index (χ4v) is 6.17. The minimum absolute atomic E-state index is 0.979. The molecule has 172 valence electrons. The topological polar surface area (TPSA) is 45.1 Å². The van der Waals surface area contributed by atoms with Crippen molar-refractivity contribution >= 4 is 60.5 Å². The minimum Gasteiger partial charge on any atom is -0.383 e. The largest absolute Gasteiger partial charge is 0.383 e. The molecule has 2 aliphatic heterocycles. The summed E-state index contributed by atoms with van der Waals surface area (Å²) in [7, 11) is 2.14. The van der Waals surface area contributed by atoms with Gasteiger partial charge in [-0.1, -0.05) is 30.3 Å². The maximum Gasteiger partial charge on any atom is 0.152 e. The Morgan fingerprint density at radius 3 is 2.44 bits per heavy atom. The highest BCUT2D eigenvalue weighted by molar-refractivity contribution is 6.34. The standard InChI is InChI=1S/C29H31N5/c1-33-18-13-22-23(33)12-11-20-19-9-3-4-10-21(19)26-25(24(20)22)27-28-29(32-26)31-15-6-8-17-34(28)16-7-2-5-14-30-27/h3-4,9-13,18,30H,2,5-8,14-17H2,1H3,(H,31,32). The van der Waals surface area contributed by atoms with Gasteiger partial charge in [-0.25, -0.2) is 4.98 Å². The van der Waals surface area contributed by atoms with Crippen LogP contribution in [0, 0.1) is 0 Å². The normalized spacial score (nSPS) is 16.9. The maximum atomic E-state index is 5.41. The van der Waals surface area contributed by atoms with Crippen LogP contribution in [0.4, 0.5) is 17.2 Å². The first-order valence-corrected chi connectivity index (χ1v) is 12.8. The minimum atomic E-state index is 0.979. The van der Waals surface area contributed by atoms with Gasteiger partial charge < -0.3 is 20.1 Å². The average molecular weight is 450 g/mol. The number of hydrogen-bond acceptors (Lipinski definition) is 4. The lowest BCUT2D eigenvalue weighted by atomic mass is 9.93. The van der Waals surface area contributed by atoms with Gasteiger partial charge in [0.15, 0.2) is 5.82 Å². The van der Waals surface area contributed by atoms with Crippen LogP contribution < -0.4 is 15.5 Å². The summed E-state index contributed by atoms with van der Waals surface area (Å²) >= 11 is 0. The predicted molar refractivity (Wildman–Crippen MR) is 146 cm³/mol. The molecular formula is C29H31N5. The number of aryl methyl sites for hydroxylation is 1. The number of nitrogens with zero attached hydrogens (tertiary/aromatic N) is 3. The Hall–Kier alpha value is -3.47. The molecule has 7 rings (SSSR count). The van der Waals surface area contributed by atoms with E-state index in [0.717, 1.165) is 37.5 Å². The number of pyridine rings is 1. The zero-order valence-corrected chi connectivity index (χ0v) is 19.8. The molecule has 0 saturated heterocycles. The quantitative estimate of drug-likeness (QED) is 0.260. The highest BCUT2D eigenvalue weighted by atomic mass is 15.2. The Morgan fingerprint density at radius 1 is 0.735 bits per heavy atom. The second-order valence-corrected chi connectivity index (χ2v) is 9.91. The van der Waals surface area contributed by atoms with E-state index in [-0.39, 0.29) is 0 Å². The molecule has 5 aromatic rings. The van der Waals surface area contributed by atoms with E-state index in [1.165, 1.54) is 81.3 Å².